The van der Waals surface area contributed by atoms with Crippen LogP contribution in [0, 0.1) is 0 Å². The Morgan fingerprint density at radius 1 is 0.909 bits per heavy atom. The smallest absolute Gasteiger partial charge is 0.0444 e. The number of nitrogens with zero attached hydrogens (tertiary/aromatic N) is 1. The molecule has 0 aromatic heterocycles. The number of likely N-dealkylation sites (N-methyl/N-ethyl adjacent to an activating group) is 1. The van der Waals surface area contributed by atoms with Crippen LogP contribution < -0.4 is 10.6 Å². The van der Waals surface area contributed by atoms with E-state index in [0.29, 0.717) is 0 Å². The van der Waals surface area contributed by atoms with Crippen LogP contribution in [0.2, 0.25) is 0 Å². The van der Waals surface area contributed by atoms with Crippen LogP contribution in [0.1, 0.15) is 13.8 Å². The molecule has 0 radical (unpaired) electrons. The van der Waals surface area contributed by atoms with Gasteiger partial charge in [-0.1, -0.05) is 36.4 Å². The van der Waals surface area contributed by atoms with Crippen molar-refractivity contribution in [1.29, 1.82) is 0 Å². The van der Waals surface area contributed by atoms with E-state index in [2.05, 4.69) is 80.4 Å². The molecule has 0 saturated carbocycles. The first-order valence-corrected chi connectivity index (χ1v) is 7.36. The van der Waals surface area contributed by atoms with Gasteiger partial charge in [-0.3, -0.25) is 0 Å². The molecule has 0 heterocycles. The average molecular weight is 315 g/mol. The number of benzene rings is 3. The number of fused-ring (bicyclic) bond motifs is 2. The molecule has 0 fully saturated rings. The highest BCUT2D eigenvalue weighted by molar-refractivity contribution is 6.03. The lowest BCUT2D eigenvalue weighted by molar-refractivity contribution is 0.519. The van der Waals surface area contributed by atoms with Gasteiger partial charge in [-0.25, -0.2) is 0 Å². The Bertz CT molecular complexity index is 790. The number of hydrogen-bond donors (Lipinski definition) is 1. The summed E-state index contributed by atoms with van der Waals surface area (Å²) in [5.41, 5.74) is 7.19. The van der Waals surface area contributed by atoms with Gasteiger partial charge in [0.2, 0.25) is 0 Å². The Kier molecular flexibility index (Phi) is 4.64. The number of rotatable bonds is 3. The van der Waals surface area contributed by atoms with Crippen LogP contribution in [0.4, 0.5) is 5.69 Å². The van der Waals surface area contributed by atoms with Crippen LogP contribution in [-0.2, 0) is 0 Å². The molecule has 116 valence electrons. The van der Waals surface area contributed by atoms with Crippen LogP contribution in [0.3, 0.4) is 0 Å². The largest absolute Gasteiger partial charge is 0.372 e. The first-order chi connectivity index (χ1) is 9.94. The molecular formula is C19H23ClN2. The molecule has 2 N–H and O–H groups in total. The summed E-state index contributed by atoms with van der Waals surface area (Å²) in [7, 11) is 2.11. The molecule has 0 unspecified atom stereocenters. The lowest BCUT2D eigenvalue weighted by atomic mass is 10.0. The molecule has 3 heteroatoms. The van der Waals surface area contributed by atoms with Crippen LogP contribution in [0.5, 0.6) is 0 Å². The van der Waals surface area contributed by atoms with Crippen LogP contribution >= 0.6 is 12.4 Å². The maximum Gasteiger partial charge on any atom is 0.0444 e. The summed E-state index contributed by atoms with van der Waals surface area (Å²) in [6, 6.07) is 19.5. The van der Waals surface area contributed by atoms with E-state index in [-0.39, 0.29) is 17.9 Å². The van der Waals surface area contributed by atoms with Gasteiger partial charge in [0, 0.05) is 30.2 Å². The van der Waals surface area contributed by atoms with Crippen molar-refractivity contribution in [3.63, 3.8) is 0 Å². The molecule has 22 heavy (non-hydrogen) atoms. The lowest BCUT2D eigenvalue weighted by Crippen LogP contribution is -2.44. The normalized spacial score (nSPS) is 11.5. The summed E-state index contributed by atoms with van der Waals surface area (Å²) in [5, 5.41) is 5.11. The minimum absolute atomic E-state index is 0. The minimum Gasteiger partial charge on any atom is -0.372 e. The fourth-order valence-electron chi connectivity index (χ4n) is 2.98. The topological polar surface area (TPSA) is 29.3 Å². The summed E-state index contributed by atoms with van der Waals surface area (Å²) in [6.07, 6.45) is 0. The third-order valence-corrected chi connectivity index (χ3v) is 3.78. The summed E-state index contributed by atoms with van der Waals surface area (Å²) >= 11 is 0. The zero-order valence-corrected chi connectivity index (χ0v) is 14.2. The Labute approximate surface area is 138 Å². The van der Waals surface area contributed by atoms with E-state index in [1.54, 1.807) is 0 Å². The van der Waals surface area contributed by atoms with Crippen molar-refractivity contribution >= 4 is 39.6 Å². The van der Waals surface area contributed by atoms with Gasteiger partial charge in [-0.15, -0.1) is 12.4 Å². The molecule has 3 aromatic rings. The van der Waals surface area contributed by atoms with Gasteiger partial charge < -0.3 is 10.6 Å². The second-order valence-electron chi connectivity index (χ2n) is 6.54. The molecule has 3 rings (SSSR count). The van der Waals surface area contributed by atoms with Gasteiger partial charge >= 0.3 is 0 Å². The van der Waals surface area contributed by atoms with Crippen LogP contribution in [-0.4, -0.2) is 19.1 Å². The maximum atomic E-state index is 6.17. The predicted molar refractivity (Wildman–Crippen MR) is 100 cm³/mol. The number of hydrogen-bond acceptors (Lipinski definition) is 2. The highest BCUT2D eigenvalue weighted by Gasteiger charge is 2.15. The quantitative estimate of drug-likeness (QED) is 0.716. The van der Waals surface area contributed by atoms with Gasteiger partial charge in [0.05, 0.1) is 0 Å². The monoisotopic (exact) mass is 314 g/mol. The van der Waals surface area contributed by atoms with Crippen molar-refractivity contribution in [3.05, 3.63) is 54.6 Å². The zero-order valence-electron chi connectivity index (χ0n) is 13.3. The molecule has 0 aliphatic rings. The van der Waals surface area contributed by atoms with E-state index in [1.807, 2.05) is 0 Å². The summed E-state index contributed by atoms with van der Waals surface area (Å²) < 4.78 is 0. The van der Waals surface area contributed by atoms with Gasteiger partial charge in [0.15, 0.2) is 0 Å². The van der Waals surface area contributed by atoms with Crippen molar-refractivity contribution in [3.8, 4) is 0 Å². The lowest BCUT2D eigenvalue weighted by Gasteiger charge is -2.29. The predicted octanol–water partition coefficient (Wildman–Crippen LogP) is 4.59. The first kappa shape index (κ1) is 16.6. The van der Waals surface area contributed by atoms with Gasteiger partial charge in [0.25, 0.3) is 0 Å². The van der Waals surface area contributed by atoms with E-state index >= 15 is 0 Å². The second-order valence-corrected chi connectivity index (χ2v) is 6.54. The number of anilines is 1. The van der Waals surface area contributed by atoms with E-state index in [0.717, 1.165) is 6.54 Å². The molecule has 0 amide bonds. The molecule has 0 spiro atoms. The van der Waals surface area contributed by atoms with E-state index < -0.39 is 0 Å². The second kappa shape index (κ2) is 6.15. The van der Waals surface area contributed by atoms with Gasteiger partial charge in [-0.2, -0.15) is 0 Å². The SMILES string of the molecule is CN(CC(C)(C)N)c1cccc2cc3ccccc3cc12.Cl. The van der Waals surface area contributed by atoms with Crippen LogP contribution in [0.25, 0.3) is 21.5 Å². The third kappa shape index (κ3) is 3.34. The zero-order chi connectivity index (χ0) is 15.0. The number of nitrogens with two attached hydrogens (primary N) is 1. The molecule has 0 saturated heterocycles. The first-order valence-electron chi connectivity index (χ1n) is 7.36. The van der Waals surface area contributed by atoms with Crippen molar-refractivity contribution in [2.24, 2.45) is 5.73 Å². The van der Waals surface area contributed by atoms with Crippen molar-refractivity contribution in [2.75, 3.05) is 18.5 Å². The van der Waals surface area contributed by atoms with Crippen molar-refractivity contribution in [1.82, 2.24) is 0 Å². The fourth-order valence-corrected chi connectivity index (χ4v) is 2.98. The third-order valence-electron chi connectivity index (χ3n) is 3.78. The summed E-state index contributed by atoms with van der Waals surface area (Å²) in [4.78, 5) is 2.25. The Morgan fingerprint density at radius 2 is 1.50 bits per heavy atom. The molecule has 0 bridgehead atoms. The number of halogens is 1. The van der Waals surface area contributed by atoms with Crippen LogP contribution in [0.15, 0.2) is 54.6 Å². The minimum atomic E-state index is -0.215. The Balaban J connectivity index is 0.00000176. The van der Waals surface area contributed by atoms with E-state index in [9.17, 15) is 0 Å². The fraction of sp³-hybridized carbons (Fsp3) is 0.263. The molecule has 0 aliphatic carbocycles. The molecule has 0 atom stereocenters. The molecule has 0 aliphatic heterocycles. The maximum absolute atomic E-state index is 6.17. The van der Waals surface area contributed by atoms with Crippen molar-refractivity contribution < 1.29 is 0 Å². The van der Waals surface area contributed by atoms with Gasteiger partial charge in [0.1, 0.15) is 0 Å². The van der Waals surface area contributed by atoms with E-state index in [4.69, 9.17) is 5.73 Å². The highest BCUT2D eigenvalue weighted by atomic mass is 35.5. The molecule has 3 aromatic carbocycles. The molecule has 2 nitrogen and oxygen atoms in total. The van der Waals surface area contributed by atoms with E-state index in [1.165, 1.54) is 27.2 Å². The van der Waals surface area contributed by atoms with Gasteiger partial charge in [-0.05, 0) is 48.2 Å². The van der Waals surface area contributed by atoms with Crippen molar-refractivity contribution in [2.45, 2.75) is 19.4 Å². The standard InChI is InChI=1S/C19H22N2.ClH/c1-19(2,20)13-21(3)18-10-6-9-16-11-14-7-4-5-8-15(14)12-17(16)18;/h4-12H,13,20H2,1-3H3;1H. The average Bonchev–Trinajstić information content (AvgIpc) is 2.42. The molecular weight excluding hydrogens is 292 g/mol. The highest BCUT2D eigenvalue weighted by Crippen LogP contribution is 2.30. The summed E-state index contributed by atoms with van der Waals surface area (Å²) in [5.74, 6) is 0. The Hall–Kier alpha value is -1.77. The Morgan fingerprint density at radius 3 is 2.14 bits per heavy atom. The summed E-state index contributed by atoms with van der Waals surface area (Å²) in [6.45, 7) is 4.94.